The summed E-state index contributed by atoms with van der Waals surface area (Å²) in [7, 11) is 0. The molecule has 0 aliphatic carbocycles. The third kappa shape index (κ3) is 3.27. The van der Waals surface area contributed by atoms with Crippen molar-refractivity contribution in [3.05, 3.63) is 63.9 Å². The van der Waals surface area contributed by atoms with Crippen molar-refractivity contribution in [3.8, 4) is 0 Å². The molecule has 0 amide bonds. The maximum atomic E-state index is 13.5. The van der Waals surface area contributed by atoms with Crippen LogP contribution >= 0.6 is 11.6 Å². The van der Waals surface area contributed by atoms with E-state index in [0.29, 0.717) is 16.3 Å². The zero-order valence-corrected chi connectivity index (χ0v) is 11.6. The maximum absolute atomic E-state index is 13.5. The summed E-state index contributed by atoms with van der Waals surface area (Å²) in [6.45, 7) is 1.88. The molecule has 20 heavy (non-hydrogen) atoms. The van der Waals surface area contributed by atoms with E-state index >= 15 is 0 Å². The first-order valence-corrected chi connectivity index (χ1v) is 6.32. The molecule has 0 fully saturated rings. The maximum Gasteiger partial charge on any atom is 0.341 e. The average Bonchev–Trinajstić information content (AvgIpc) is 2.40. The van der Waals surface area contributed by atoms with Gasteiger partial charge < -0.3 is 10.5 Å². The van der Waals surface area contributed by atoms with Gasteiger partial charge in [-0.05, 0) is 36.8 Å². The summed E-state index contributed by atoms with van der Waals surface area (Å²) >= 11 is 6.03. The van der Waals surface area contributed by atoms with Crippen LogP contribution in [-0.2, 0) is 11.3 Å². The number of anilines is 1. The standard InChI is InChI=1S/C15H13ClFNO2/c1-9-2-3-10(13(16)6-9)8-20-15(19)12-7-11(18)4-5-14(12)17/h2-7H,8,18H2,1H3. The number of hydrogen-bond donors (Lipinski definition) is 1. The van der Waals surface area contributed by atoms with E-state index in [9.17, 15) is 9.18 Å². The van der Waals surface area contributed by atoms with E-state index in [1.165, 1.54) is 12.1 Å². The van der Waals surface area contributed by atoms with Crippen LogP contribution in [0.4, 0.5) is 10.1 Å². The monoisotopic (exact) mass is 293 g/mol. The molecule has 0 saturated heterocycles. The van der Waals surface area contributed by atoms with Gasteiger partial charge in [-0.15, -0.1) is 0 Å². The van der Waals surface area contributed by atoms with Gasteiger partial charge in [-0.1, -0.05) is 23.7 Å². The minimum Gasteiger partial charge on any atom is -0.457 e. The van der Waals surface area contributed by atoms with Crippen molar-refractivity contribution in [1.82, 2.24) is 0 Å². The third-order valence-electron chi connectivity index (χ3n) is 2.78. The number of carbonyl (C=O) groups is 1. The number of hydrogen-bond acceptors (Lipinski definition) is 3. The lowest BCUT2D eigenvalue weighted by Crippen LogP contribution is -2.08. The number of nitrogen functional groups attached to an aromatic ring is 1. The van der Waals surface area contributed by atoms with Gasteiger partial charge in [0.05, 0.1) is 5.56 Å². The van der Waals surface area contributed by atoms with Gasteiger partial charge in [0.15, 0.2) is 0 Å². The van der Waals surface area contributed by atoms with Crippen LogP contribution in [0.3, 0.4) is 0 Å². The summed E-state index contributed by atoms with van der Waals surface area (Å²) in [5.74, 6) is -1.44. The number of aryl methyl sites for hydroxylation is 1. The molecular weight excluding hydrogens is 281 g/mol. The quantitative estimate of drug-likeness (QED) is 0.693. The van der Waals surface area contributed by atoms with E-state index in [0.717, 1.165) is 11.6 Å². The van der Waals surface area contributed by atoms with Crippen LogP contribution in [0.2, 0.25) is 5.02 Å². The minimum atomic E-state index is -0.772. The SMILES string of the molecule is Cc1ccc(COC(=O)c2cc(N)ccc2F)c(Cl)c1. The number of halogens is 2. The molecule has 0 radical (unpaired) electrons. The number of ether oxygens (including phenoxy) is 1. The molecule has 2 rings (SSSR count). The molecule has 0 saturated carbocycles. The molecule has 2 aromatic carbocycles. The molecular formula is C15H13ClFNO2. The Morgan fingerprint density at radius 1 is 1.30 bits per heavy atom. The highest BCUT2D eigenvalue weighted by Gasteiger charge is 2.14. The van der Waals surface area contributed by atoms with E-state index in [4.69, 9.17) is 22.1 Å². The fourth-order valence-corrected chi connectivity index (χ4v) is 1.98. The largest absolute Gasteiger partial charge is 0.457 e. The Hall–Kier alpha value is -2.07. The second kappa shape index (κ2) is 5.92. The normalized spacial score (nSPS) is 10.3. The molecule has 0 spiro atoms. The van der Waals surface area contributed by atoms with Gasteiger partial charge in [-0.2, -0.15) is 0 Å². The molecule has 0 aliphatic heterocycles. The van der Waals surface area contributed by atoms with Crippen molar-refractivity contribution >= 4 is 23.3 Å². The molecule has 5 heteroatoms. The average molecular weight is 294 g/mol. The molecule has 0 unspecified atom stereocenters. The highest BCUT2D eigenvalue weighted by Crippen LogP contribution is 2.20. The second-order valence-corrected chi connectivity index (χ2v) is 4.82. The molecule has 2 N–H and O–H groups in total. The zero-order valence-electron chi connectivity index (χ0n) is 10.8. The summed E-state index contributed by atoms with van der Waals surface area (Å²) in [5.41, 5.74) is 7.30. The summed E-state index contributed by atoms with van der Waals surface area (Å²) in [5, 5.41) is 0.505. The molecule has 3 nitrogen and oxygen atoms in total. The lowest BCUT2D eigenvalue weighted by molar-refractivity contribution is 0.0467. The minimum absolute atomic E-state index is 0.0216. The van der Waals surface area contributed by atoms with Crippen molar-refractivity contribution in [2.45, 2.75) is 13.5 Å². The molecule has 2 aromatic rings. The first-order chi connectivity index (χ1) is 9.47. The molecule has 0 bridgehead atoms. The first-order valence-electron chi connectivity index (χ1n) is 5.94. The van der Waals surface area contributed by atoms with E-state index < -0.39 is 11.8 Å². The van der Waals surface area contributed by atoms with E-state index in [1.807, 2.05) is 13.0 Å². The van der Waals surface area contributed by atoms with E-state index in [-0.39, 0.29) is 12.2 Å². The second-order valence-electron chi connectivity index (χ2n) is 4.41. The lowest BCUT2D eigenvalue weighted by atomic mass is 10.1. The van der Waals surface area contributed by atoms with E-state index in [1.54, 1.807) is 12.1 Å². The lowest BCUT2D eigenvalue weighted by Gasteiger charge is -2.08. The topological polar surface area (TPSA) is 52.3 Å². The van der Waals surface area contributed by atoms with Gasteiger partial charge in [-0.3, -0.25) is 0 Å². The van der Waals surface area contributed by atoms with Gasteiger partial charge in [0.2, 0.25) is 0 Å². The highest BCUT2D eigenvalue weighted by molar-refractivity contribution is 6.31. The summed E-state index contributed by atoms with van der Waals surface area (Å²) < 4.78 is 18.5. The Balaban J connectivity index is 2.10. The number of rotatable bonds is 3. The third-order valence-corrected chi connectivity index (χ3v) is 3.13. The van der Waals surface area contributed by atoms with Crippen molar-refractivity contribution < 1.29 is 13.9 Å². The van der Waals surface area contributed by atoms with Crippen LogP contribution in [0.5, 0.6) is 0 Å². The summed E-state index contributed by atoms with van der Waals surface area (Å²) in [6.07, 6.45) is 0. The van der Waals surface area contributed by atoms with E-state index in [2.05, 4.69) is 0 Å². The van der Waals surface area contributed by atoms with Gasteiger partial charge in [0.25, 0.3) is 0 Å². The molecule has 0 aromatic heterocycles. The van der Waals surface area contributed by atoms with Crippen molar-refractivity contribution in [3.63, 3.8) is 0 Å². The smallest absolute Gasteiger partial charge is 0.341 e. The molecule has 0 aliphatic rings. The molecule has 0 atom stereocenters. The Kier molecular flexibility index (Phi) is 4.25. The number of carbonyl (C=O) groups excluding carboxylic acids is 1. The van der Waals surface area contributed by atoms with Crippen molar-refractivity contribution in [2.75, 3.05) is 5.73 Å². The van der Waals surface area contributed by atoms with Crippen LogP contribution in [0.25, 0.3) is 0 Å². The van der Waals surface area contributed by atoms with Gasteiger partial charge >= 0.3 is 5.97 Å². The van der Waals surface area contributed by atoms with Crippen LogP contribution in [0.1, 0.15) is 21.5 Å². The Morgan fingerprint density at radius 3 is 2.75 bits per heavy atom. The molecule has 0 heterocycles. The van der Waals surface area contributed by atoms with Crippen LogP contribution in [0.15, 0.2) is 36.4 Å². The van der Waals surface area contributed by atoms with Crippen molar-refractivity contribution in [1.29, 1.82) is 0 Å². The predicted octanol–water partition coefficient (Wildman–Crippen LogP) is 3.73. The summed E-state index contributed by atoms with van der Waals surface area (Å²) in [6, 6.07) is 9.14. The van der Waals surface area contributed by atoms with Gasteiger partial charge in [0, 0.05) is 16.3 Å². The number of esters is 1. The first kappa shape index (κ1) is 14.3. The van der Waals surface area contributed by atoms with Crippen LogP contribution in [-0.4, -0.2) is 5.97 Å². The Labute approximate surface area is 121 Å². The zero-order chi connectivity index (χ0) is 14.7. The number of nitrogens with two attached hydrogens (primary N) is 1. The van der Waals surface area contributed by atoms with Crippen LogP contribution in [0, 0.1) is 12.7 Å². The fraction of sp³-hybridized carbons (Fsp3) is 0.133. The van der Waals surface area contributed by atoms with Crippen molar-refractivity contribution in [2.24, 2.45) is 0 Å². The number of benzene rings is 2. The Bertz CT molecular complexity index is 658. The Morgan fingerprint density at radius 2 is 2.05 bits per heavy atom. The summed E-state index contributed by atoms with van der Waals surface area (Å²) in [4.78, 5) is 11.8. The highest BCUT2D eigenvalue weighted by atomic mass is 35.5. The predicted molar refractivity (Wildman–Crippen MR) is 76.1 cm³/mol. The van der Waals surface area contributed by atoms with Gasteiger partial charge in [-0.25, -0.2) is 9.18 Å². The van der Waals surface area contributed by atoms with Crippen LogP contribution < -0.4 is 5.73 Å². The molecule has 104 valence electrons. The van der Waals surface area contributed by atoms with Gasteiger partial charge in [0.1, 0.15) is 12.4 Å². The fourth-order valence-electron chi connectivity index (χ4n) is 1.69.